The summed E-state index contributed by atoms with van der Waals surface area (Å²) in [5.41, 5.74) is 22.1. The van der Waals surface area contributed by atoms with Gasteiger partial charge in [0.1, 0.15) is 0 Å². The van der Waals surface area contributed by atoms with E-state index in [2.05, 4.69) is 92.5 Å². The molecule has 31 heavy (non-hydrogen) atoms. The van der Waals surface area contributed by atoms with Gasteiger partial charge in [-0.1, -0.05) is 71.8 Å². The predicted molar refractivity (Wildman–Crippen MR) is 133 cm³/mol. The Morgan fingerprint density at radius 1 is 0.645 bits per heavy atom. The number of nitrogen functional groups attached to an aromatic ring is 2. The molecule has 5 aromatic rings. The Balaban J connectivity index is 1.94. The van der Waals surface area contributed by atoms with E-state index < -0.39 is 5.41 Å². The average molecular weight is 406 g/mol. The van der Waals surface area contributed by atoms with Gasteiger partial charge in [-0.05, 0) is 55.7 Å². The van der Waals surface area contributed by atoms with Crippen molar-refractivity contribution in [3.8, 4) is 0 Å². The van der Waals surface area contributed by atoms with Gasteiger partial charge in [0, 0.05) is 33.1 Å². The van der Waals surface area contributed by atoms with E-state index in [-0.39, 0.29) is 0 Å². The van der Waals surface area contributed by atoms with E-state index in [0.29, 0.717) is 0 Å². The van der Waals surface area contributed by atoms with E-state index in [0.717, 1.165) is 39.1 Å². The number of nitrogens with two attached hydrogens (primary N) is 2. The van der Waals surface area contributed by atoms with Crippen molar-refractivity contribution in [2.75, 3.05) is 11.5 Å². The topological polar surface area (TPSA) is 67.8 Å². The number of hydrogen-bond donors (Lipinski definition) is 3. The molecule has 3 heteroatoms. The van der Waals surface area contributed by atoms with Gasteiger partial charge in [0.25, 0.3) is 0 Å². The minimum absolute atomic E-state index is 0.535. The molecule has 0 saturated carbocycles. The molecule has 0 amide bonds. The van der Waals surface area contributed by atoms with Crippen LogP contribution in [0.1, 0.15) is 34.7 Å². The van der Waals surface area contributed by atoms with Crippen LogP contribution in [0, 0.1) is 13.8 Å². The molecule has 5 N–H and O–H groups in total. The van der Waals surface area contributed by atoms with E-state index in [1.54, 1.807) is 0 Å². The van der Waals surface area contributed by atoms with Gasteiger partial charge in [0.15, 0.2) is 0 Å². The molecule has 4 aromatic carbocycles. The van der Waals surface area contributed by atoms with Crippen LogP contribution < -0.4 is 11.5 Å². The second-order valence-corrected chi connectivity index (χ2v) is 8.71. The molecule has 0 atom stereocenters. The third-order valence-electron chi connectivity index (χ3n) is 6.57. The number of anilines is 2. The molecule has 1 heterocycles. The van der Waals surface area contributed by atoms with E-state index in [1.807, 2.05) is 12.1 Å². The van der Waals surface area contributed by atoms with E-state index in [4.69, 9.17) is 11.5 Å². The van der Waals surface area contributed by atoms with Crippen LogP contribution in [0.15, 0.2) is 78.9 Å². The molecule has 0 spiro atoms. The van der Waals surface area contributed by atoms with Gasteiger partial charge < -0.3 is 16.5 Å². The van der Waals surface area contributed by atoms with Crippen LogP contribution in [0.25, 0.3) is 21.8 Å². The highest BCUT2D eigenvalue weighted by atomic mass is 14.7. The van der Waals surface area contributed by atoms with E-state index in [9.17, 15) is 0 Å². The van der Waals surface area contributed by atoms with Gasteiger partial charge in [-0.2, -0.15) is 0 Å². The van der Waals surface area contributed by atoms with Crippen molar-refractivity contribution in [2.24, 2.45) is 0 Å². The first kappa shape index (κ1) is 19.3. The lowest BCUT2D eigenvalue weighted by molar-refractivity contribution is 0.701. The minimum atomic E-state index is -0.535. The molecule has 0 fully saturated rings. The Kier molecular flexibility index (Phi) is 4.30. The SMILES string of the molecule is Cc1ccc(N)c(C(C)(c2cc(C)ccc2N)c2cccc3c2[nH]c2ccccc23)c1. The van der Waals surface area contributed by atoms with Gasteiger partial charge in [-0.15, -0.1) is 0 Å². The quantitative estimate of drug-likeness (QED) is 0.238. The van der Waals surface area contributed by atoms with Crippen LogP contribution in [0.5, 0.6) is 0 Å². The zero-order valence-corrected chi connectivity index (χ0v) is 18.2. The Bertz CT molecular complexity index is 1390. The number of aromatic amines is 1. The number of nitrogens with one attached hydrogen (secondary N) is 1. The number of aryl methyl sites for hydroxylation is 2. The number of aromatic nitrogens is 1. The molecule has 0 bridgehead atoms. The van der Waals surface area contributed by atoms with E-state index in [1.165, 1.54) is 21.9 Å². The molecule has 0 aliphatic carbocycles. The summed E-state index contributed by atoms with van der Waals surface area (Å²) in [5, 5.41) is 2.42. The number of hydrogen-bond acceptors (Lipinski definition) is 2. The fraction of sp³-hybridized carbons (Fsp3) is 0.143. The lowest BCUT2D eigenvalue weighted by atomic mass is 9.69. The van der Waals surface area contributed by atoms with Crippen molar-refractivity contribution in [3.63, 3.8) is 0 Å². The maximum absolute atomic E-state index is 6.61. The zero-order chi connectivity index (χ0) is 21.8. The zero-order valence-electron chi connectivity index (χ0n) is 18.2. The molecular weight excluding hydrogens is 378 g/mol. The standard InChI is InChI=1S/C28H27N3/c1-17-11-13-24(29)22(15-17)28(3,23-16-18(2)12-14-25(23)30)21-9-6-8-20-19-7-4-5-10-26(19)31-27(20)21/h4-16,31H,29-30H2,1-3H3. The number of H-pyrrole nitrogens is 1. The Labute approximate surface area is 182 Å². The highest BCUT2D eigenvalue weighted by Crippen LogP contribution is 2.47. The number of benzene rings is 4. The summed E-state index contributed by atoms with van der Waals surface area (Å²) < 4.78 is 0. The van der Waals surface area contributed by atoms with Gasteiger partial charge in [-0.25, -0.2) is 0 Å². The van der Waals surface area contributed by atoms with Gasteiger partial charge >= 0.3 is 0 Å². The number of rotatable bonds is 3. The van der Waals surface area contributed by atoms with Crippen molar-refractivity contribution in [3.05, 3.63) is 107 Å². The van der Waals surface area contributed by atoms with Gasteiger partial charge in [0.2, 0.25) is 0 Å². The molecule has 0 radical (unpaired) electrons. The molecule has 0 saturated heterocycles. The second-order valence-electron chi connectivity index (χ2n) is 8.71. The molecule has 154 valence electrons. The third kappa shape index (κ3) is 2.89. The molecule has 0 unspecified atom stereocenters. The van der Waals surface area contributed by atoms with Crippen molar-refractivity contribution in [1.29, 1.82) is 0 Å². The van der Waals surface area contributed by atoms with Gasteiger partial charge in [0.05, 0.1) is 5.52 Å². The maximum Gasteiger partial charge on any atom is 0.0509 e. The number of fused-ring (bicyclic) bond motifs is 3. The number of para-hydroxylation sites is 2. The normalized spacial score (nSPS) is 12.0. The van der Waals surface area contributed by atoms with Crippen molar-refractivity contribution >= 4 is 33.2 Å². The lowest BCUT2D eigenvalue weighted by Gasteiger charge is -2.35. The van der Waals surface area contributed by atoms with Crippen LogP contribution in [-0.4, -0.2) is 4.98 Å². The Morgan fingerprint density at radius 2 is 1.23 bits per heavy atom. The monoisotopic (exact) mass is 405 g/mol. The Hall–Kier alpha value is -3.72. The van der Waals surface area contributed by atoms with Crippen LogP contribution in [0.3, 0.4) is 0 Å². The first-order valence-corrected chi connectivity index (χ1v) is 10.6. The first-order valence-electron chi connectivity index (χ1n) is 10.6. The Morgan fingerprint density at radius 3 is 1.87 bits per heavy atom. The third-order valence-corrected chi connectivity index (χ3v) is 6.57. The highest BCUT2D eigenvalue weighted by molar-refractivity contribution is 6.08. The fourth-order valence-electron chi connectivity index (χ4n) is 4.93. The van der Waals surface area contributed by atoms with Crippen molar-refractivity contribution < 1.29 is 0 Å². The van der Waals surface area contributed by atoms with Crippen LogP contribution in [0.4, 0.5) is 11.4 Å². The maximum atomic E-state index is 6.61. The van der Waals surface area contributed by atoms with Crippen molar-refractivity contribution in [2.45, 2.75) is 26.2 Å². The molecule has 3 nitrogen and oxygen atoms in total. The van der Waals surface area contributed by atoms with Crippen molar-refractivity contribution in [1.82, 2.24) is 4.98 Å². The van der Waals surface area contributed by atoms with Gasteiger partial charge in [-0.3, -0.25) is 0 Å². The fourth-order valence-corrected chi connectivity index (χ4v) is 4.93. The summed E-state index contributed by atoms with van der Waals surface area (Å²) in [4.78, 5) is 3.68. The molecule has 0 aliphatic rings. The van der Waals surface area contributed by atoms with Crippen LogP contribution in [-0.2, 0) is 5.41 Å². The first-order chi connectivity index (χ1) is 14.9. The minimum Gasteiger partial charge on any atom is -0.398 e. The summed E-state index contributed by atoms with van der Waals surface area (Å²) in [6.45, 7) is 6.45. The second kappa shape index (κ2) is 6.92. The molecule has 5 rings (SSSR count). The summed E-state index contributed by atoms with van der Waals surface area (Å²) in [5.74, 6) is 0. The summed E-state index contributed by atoms with van der Waals surface area (Å²) in [6.07, 6.45) is 0. The van der Waals surface area contributed by atoms with E-state index >= 15 is 0 Å². The van der Waals surface area contributed by atoms with Crippen LogP contribution in [0.2, 0.25) is 0 Å². The molecule has 0 aliphatic heterocycles. The molecule has 1 aromatic heterocycles. The lowest BCUT2D eigenvalue weighted by Crippen LogP contribution is -2.28. The largest absolute Gasteiger partial charge is 0.398 e. The highest BCUT2D eigenvalue weighted by Gasteiger charge is 2.36. The molecular formula is C28H27N3. The average Bonchev–Trinajstić information content (AvgIpc) is 3.15. The summed E-state index contributed by atoms with van der Waals surface area (Å²) >= 11 is 0. The smallest absolute Gasteiger partial charge is 0.0509 e. The predicted octanol–water partition coefficient (Wildman–Crippen LogP) is 6.46. The summed E-state index contributed by atoms with van der Waals surface area (Å²) in [6, 6.07) is 27.4. The summed E-state index contributed by atoms with van der Waals surface area (Å²) in [7, 11) is 0. The van der Waals surface area contributed by atoms with Crippen LogP contribution >= 0.6 is 0 Å².